The molecule has 2 fully saturated rings. The van der Waals surface area contributed by atoms with Crippen molar-refractivity contribution >= 4 is 7.60 Å². The fourth-order valence-electron chi connectivity index (χ4n) is 3.35. The van der Waals surface area contributed by atoms with E-state index in [1.165, 1.54) is 7.11 Å². The molecule has 5 atom stereocenters. The molecule has 146 valence electrons. The first-order valence-corrected chi connectivity index (χ1v) is 10.2. The summed E-state index contributed by atoms with van der Waals surface area (Å²) in [4.78, 5) is 18.7. The van der Waals surface area contributed by atoms with Crippen molar-refractivity contribution in [1.82, 2.24) is 0 Å². The SMILES string of the molecule is CO[C@@H]1O[C@H](CP(=O)(O)O)[C@@H]2OC(C)(C)O[C@@H]2[C@H]1OCc1ccccc1. The Kier molecular flexibility index (Phi) is 5.86. The molecule has 0 spiro atoms. The zero-order chi connectivity index (χ0) is 18.9. The number of hydrogen-bond donors (Lipinski definition) is 2. The summed E-state index contributed by atoms with van der Waals surface area (Å²) in [5.74, 6) is -0.914. The molecule has 0 aliphatic carbocycles. The van der Waals surface area contributed by atoms with Crippen LogP contribution in [0.15, 0.2) is 30.3 Å². The van der Waals surface area contributed by atoms with Gasteiger partial charge in [0, 0.05) is 7.11 Å². The molecule has 0 saturated carbocycles. The molecule has 2 N–H and O–H groups in total. The van der Waals surface area contributed by atoms with Crippen LogP contribution < -0.4 is 0 Å². The third-order valence-corrected chi connectivity index (χ3v) is 5.20. The van der Waals surface area contributed by atoms with Gasteiger partial charge in [0.05, 0.1) is 12.8 Å². The molecule has 0 bridgehead atoms. The topological polar surface area (TPSA) is 104 Å². The molecule has 26 heavy (non-hydrogen) atoms. The third-order valence-electron chi connectivity index (χ3n) is 4.37. The first-order valence-electron chi connectivity index (χ1n) is 8.42. The highest BCUT2D eigenvalue weighted by atomic mass is 31.2. The molecule has 0 aromatic heterocycles. The number of fused-ring (bicyclic) bond motifs is 1. The van der Waals surface area contributed by atoms with Crippen LogP contribution in [0.5, 0.6) is 0 Å². The minimum Gasteiger partial charge on any atom is -0.365 e. The summed E-state index contributed by atoms with van der Waals surface area (Å²) in [7, 11) is -2.84. The van der Waals surface area contributed by atoms with Gasteiger partial charge in [-0.1, -0.05) is 30.3 Å². The minimum atomic E-state index is -4.30. The number of hydrogen-bond acceptors (Lipinski definition) is 6. The van der Waals surface area contributed by atoms with Gasteiger partial charge in [-0.3, -0.25) is 4.57 Å². The second kappa shape index (κ2) is 7.66. The number of rotatable bonds is 6. The minimum absolute atomic E-state index is 0.324. The maximum absolute atomic E-state index is 11.5. The van der Waals surface area contributed by atoms with Crippen LogP contribution in [-0.4, -0.2) is 59.6 Å². The monoisotopic (exact) mass is 388 g/mol. The van der Waals surface area contributed by atoms with Crippen molar-refractivity contribution in [3.63, 3.8) is 0 Å². The molecular weight excluding hydrogens is 363 g/mol. The Morgan fingerprint density at radius 3 is 2.42 bits per heavy atom. The van der Waals surface area contributed by atoms with Crippen molar-refractivity contribution in [2.45, 2.75) is 56.9 Å². The second-order valence-electron chi connectivity index (χ2n) is 6.95. The Hall–Kier alpha value is -0.830. The Labute approximate surface area is 152 Å². The van der Waals surface area contributed by atoms with E-state index in [9.17, 15) is 14.4 Å². The largest absolute Gasteiger partial charge is 0.365 e. The first-order chi connectivity index (χ1) is 12.2. The van der Waals surface area contributed by atoms with E-state index in [1.54, 1.807) is 13.8 Å². The van der Waals surface area contributed by atoms with Crippen LogP contribution in [0.2, 0.25) is 0 Å². The molecule has 9 heteroatoms. The quantitative estimate of drug-likeness (QED) is 0.709. The van der Waals surface area contributed by atoms with Crippen LogP contribution in [0.1, 0.15) is 19.4 Å². The first kappa shape index (κ1) is 19.9. The number of methoxy groups -OCH3 is 1. The van der Waals surface area contributed by atoms with Gasteiger partial charge < -0.3 is 33.5 Å². The Morgan fingerprint density at radius 2 is 1.81 bits per heavy atom. The lowest BCUT2D eigenvalue weighted by molar-refractivity contribution is -0.278. The van der Waals surface area contributed by atoms with Gasteiger partial charge in [-0.05, 0) is 19.4 Å². The molecule has 0 radical (unpaired) electrons. The van der Waals surface area contributed by atoms with Gasteiger partial charge >= 0.3 is 7.60 Å². The zero-order valence-corrected chi connectivity index (χ0v) is 15.9. The summed E-state index contributed by atoms with van der Waals surface area (Å²) in [6.45, 7) is 3.82. The molecule has 3 rings (SSSR count). The average Bonchev–Trinajstić information content (AvgIpc) is 2.88. The fourth-order valence-corrected chi connectivity index (χ4v) is 4.11. The van der Waals surface area contributed by atoms with Crippen molar-refractivity contribution in [2.75, 3.05) is 13.3 Å². The summed E-state index contributed by atoms with van der Waals surface area (Å²) in [6.07, 6.45) is -3.98. The van der Waals surface area contributed by atoms with Crippen LogP contribution in [0.3, 0.4) is 0 Å². The highest BCUT2D eigenvalue weighted by Crippen LogP contribution is 2.44. The van der Waals surface area contributed by atoms with E-state index in [2.05, 4.69) is 0 Å². The van der Waals surface area contributed by atoms with Crippen molar-refractivity contribution < 1.29 is 38.0 Å². The van der Waals surface area contributed by atoms with E-state index < -0.39 is 50.3 Å². The van der Waals surface area contributed by atoms with E-state index in [-0.39, 0.29) is 0 Å². The Morgan fingerprint density at radius 1 is 1.15 bits per heavy atom. The molecule has 0 amide bonds. The van der Waals surface area contributed by atoms with E-state index in [1.807, 2.05) is 30.3 Å². The normalized spacial score (nSPS) is 33.8. The van der Waals surface area contributed by atoms with Gasteiger partial charge in [-0.2, -0.15) is 0 Å². The Bertz CT molecular complexity index is 645. The molecule has 2 heterocycles. The zero-order valence-electron chi connectivity index (χ0n) is 15.0. The lowest BCUT2D eigenvalue weighted by atomic mass is 9.99. The molecule has 2 saturated heterocycles. The van der Waals surface area contributed by atoms with E-state index in [4.69, 9.17) is 23.7 Å². The van der Waals surface area contributed by atoms with E-state index >= 15 is 0 Å². The fraction of sp³-hybridized carbons (Fsp3) is 0.647. The molecule has 1 aromatic rings. The molecular formula is C17H25O8P. The van der Waals surface area contributed by atoms with Crippen molar-refractivity contribution in [2.24, 2.45) is 0 Å². The van der Waals surface area contributed by atoms with Gasteiger partial charge in [0.15, 0.2) is 12.1 Å². The number of ether oxygens (including phenoxy) is 5. The predicted molar refractivity (Wildman–Crippen MR) is 91.4 cm³/mol. The molecule has 8 nitrogen and oxygen atoms in total. The second-order valence-corrected chi connectivity index (χ2v) is 8.65. The van der Waals surface area contributed by atoms with Gasteiger partial charge in [0.25, 0.3) is 0 Å². The van der Waals surface area contributed by atoms with Gasteiger partial charge in [-0.15, -0.1) is 0 Å². The van der Waals surface area contributed by atoms with Crippen LogP contribution in [0.25, 0.3) is 0 Å². The summed E-state index contributed by atoms with van der Waals surface area (Å²) >= 11 is 0. The predicted octanol–water partition coefficient (Wildman–Crippen LogP) is 1.64. The smallest absolute Gasteiger partial charge is 0.328 e. The molecule has 2 aliphatic rings. The average molecular weight is 388 g/mol. The lowest BCUT2D eigenvalue weighted by Gasteiger charge is -2.41. The standard InChI is InChI=1S/C17H25O8P/c1-17(2)24-13-12(10-26(18,19)20)23-16(21-3)15(14(13)25-17)22-9-11-7-5-4-6-8-11/h4-8,12-16H,9-10H2,1-3H3,(H2,18,19,20)/t12-,13+,14+,15-,16-/m1/s1. The van der Waals surface area contributed by atoms with E-state index in [0.29, 0.717) is 6.61 Å². The van der Waals surface area contributed by atoms with Crippen molar-refractivity contribution in [3.8, 4) is 0 Å². The summed E-state index contributed by atoms with van der Waals surface area (Å²) < 4.78 is 40.5. The van der Waals surface area contributed by atoms with Gasteiger partial charge in [-0.25, -0.2) is 0 Å². The highest BCUT2D eigenvalue weighted by molar-refractivity contribution is 7.51. The van der Waals surface area contributed by atoms with Crippen LogP contribution in [0, 0.1) is 0 Å². The molecule has 0 unspecified atom stereocenters. The van der Waals surface area contributed by atoms with Gasteiger partial charge in [0.2, 0.25) is 0 Å². The highest BCUT2D eigenvalue weighted by Gasteiger charge is 2.56. The van der Waals surface area contributed by atoms with Crippen molar-refractivity contribution in [3.05, 3.63) is 35.9 Å². The third kappa shape index (κ3) is 4.71. The number of benzene rings is 1. The van der Waals surface area contributed by atoms with Gasteiger partial charge in [0.1, 0.15) is 24.4 Å². The maximum Gasteiger partial charge on any atom is 0.328 e. The van der Waals surface area contributed by atoms with Crippen LogP contribution >= 0.6 is 7.60 Å². The van der Waals surface area contributed by atoms with Crippen LogP contribution in [-0.2, 0) is 34.9 Å². The molecule has 1 aromatic carbocycles. The Balaban J connectivity index is 1.79. The maximum atomic E-state index is 11.5. The summed E-state index contributed by atoms with van der Waals surface area (Å²) in [5.41, 5.74) is 0.981. The summed E-state index contributed by atoms with van der Waals surface area (Å²) in [5, 5.41) is 0. The summed E-state index contributed by atoms with van der Waals surface area (Å²) in [6, 6.07) is 9.64. The van der Waals surface area contributed by atoms with E-state index in [0.717, 1.165) is 5.56 Å². The van der Waals surface area contributed by atoms with Crippen LogP contribution in [0.4, 0.5) is 0 Å². The molecule has 2 aliphatic heterocycles. The lowest BCUT2D eigenvalue weighted by Crippen LogP contribution is -2.58. The van der Waals surface area contributed by atoms with Crippen molar-refractivity contribution in [1.29, 1.82) is 0 Å².